The Bertz CT molecular complexity index is 87.7. The van der Waals surface area contributed by atoms with Gasteiger partial charge in [0, 0.05) is 0 Å². The molecule has 0 heterocycles. The Morgan fingerprint density at radius 1 is 2.00 bits per heavy atom. The number of carbonyl (C=O) groups excluding carboxylic acids is 1. The molecule has 2 nitrogen and oxygen atoms in total. The van der Waals surface area contributed by atoms with Crippen molar-refractivity contribution in [1.82, 2.24) is 0 Å². The van der Waals surface area contributed by atoms with Crippen LogP contribution in [0.25, 0.3) is 0 Å². The van der Waals surface area contributed by atoms with Crippen molar-refractivity contribution in [2.75, 3.05) is 0 Å². The largest absolute Gasteiger partial charge is 0.371 e. The Balaban J connectivity index is 3.56. The van der Waals surface area contributed by atoms with Crippen LogP contribution in [0, 0.1) is 0 Å². The van der Waals surface area contributed by atoms with E-state index in [2.05, 4.69) is 6.58 Å². The number of aliphatic hydroxyl groups excluding tert-OH is 1. The van der Waals surface area contributed by atoms with Crippen LogP contribution in [0.3, 0.4) is 0 Å². The van der Waals surface area contributed by atoms with Crippen molar-refractivity contribution in [3.8, 4) is 0 Å². The topological polar surface area (TPSA) is 37.3 Å². The summed E-state index contributed by atoms with van der Waals surface area (Å²) < 4.78 is 0. The molecule has 0 spiro atoms. The van der Waals surface area contributed by atoms with E-state index in [1.165, 1.54) is 0 Å². The van der Waals surface area contributed by atoms with Crippen molar-refractivity contribution < 1.29 is 9.90 Å². The molecule has 0 amide bonds. The number of hydrogen-bond acceptors (Lipinski definition) is 2. The molecule has 0 rings (SSSR count). The van der Waals surface area contributed by atoms with Gasteiger partial charge in [-0.2, -0.15) is 0 Å². The minimum atomic E-state index is -1.42. The zero-order valence-electron chi connectivity index (χ0n) is 3.60. The predicted molar refractivity (Wildman–Crippen MR) is 27.1 cm³/mol. The van der Waals surface area contributed by atoms with Crippen LogP contribution in [0.2, 0.25) is 0 Å². The molecular formula is C4H5ClO2. The highest BCUT2D eigenvalue weighted by atomic mass is 35.5. The van der Waals surface area contributed by atoms with Crippen molar-refractivity contribution in [2.24, 2.45) is 0 Å². The van der Waals surface area contributed by atoms with Crippen molar-refractivity contribution in [2.45, 2.75) is 5.56 Å². The van der Waals surface area contributed by atoms with E-state index in [4.69, 9.17) is 16.7 Å². The van der Waals surface area contributed by atoms with E-state index in [1.54, 1.807) is 0 Å². The zero-order chi connectivity index (χ0) is 5.86. The zero-order valence-corrected chi connectivity index (χ0v) is 4.35. The van der Waals surface area contributed by atoms with E-state index in [1.807, 2.05) is 0 Å². The highest BCUT2D eigenvalue weighted by molar-refractivity contribution is 6.31. The van der Waals surface area contributed by atoms with Crippen LogP contribution in [0.15, 0.2) is 12.7 Å². The summed E-state index contributed by atoms with van der Waals surface area (Å²) in [5, 5.41) is 8.17. The van der Waals surface area contributed by atoms with Crippen LogP contribution in [0.5, 0.6) is 0 Å². The molecule has 0 fully saturated rings. The third-order valence-corrected chi connectivity index (χ3v) is 0.651. The molecule has 0 saturated heterocycles. The molecule has 1 N–H and O–H groups in total. The lowest BCUT2D eigenvalue weighted by Gasteiger charge is -1.89. The molecule has 0 aromatic carbocycles. The van der Waals surface area contributed by atoms with E-state index in [-0.39, 0.29) is 0 Å². The maximum Gasteiger partial charge on any atom is 0.198 e. The van der Waals surface area contributed by atoms with Crippen LogP contribution >= 0.6 is 11.6 Å². The van der Waals surface area contributed by atoms with Crippen molar-refractivity contribution >= 4 is 17.4 Å². The second kappa shape index (κ2) is 2.77. The normalized spacial score (nSPS) is 12.9. The number of rotatable bonds is 2. The minimum Gasteiger partial charge on any atom is -0.371 e. The second-order valence-corrected chi connectivity index (χ2v) is 1.36. The van der Waals surface area contributed by atoms with Crippen molar-refractivity contribution in [3.63, 3.8) is 0 Å². The standard InChI is InChI=1S/C4H5ClO2/c1-2-3(6)4(5)7/h2,4,7H,1H2. The molecule has 40 valence electrons. The van der Waals surface area contributed by atoms with Gasteiger partial charge >= 0.3 is 0 Å². The number of aliphatic hydroxyl groups is 1. The fourth-order valence-electron chi connectivity index (χ4n) is 0.0972. The maximum atomic E-state index is 10.0. The molecular weight excluding hydrogens is 115 g/mol. The van der Waals surface area contributed by atoms with Crippen LogP contribution in [0.4, 0.5) is 0 Å². The van der Waals surface area contributed by atoms with Crippen molar-refractivity contribution in [1.29, 1.82) is 0 Å². The Kier molecular flexibility index (Phi) is 2.64. The smallest absolute Gasteiger partial charge is 0.198 e. The van der Waals surface area contributed by atoms with E-state index in [9.17, 15) is 4.79 Å². The summed E-state index contributed by atoms with van der Waals surface area (Å²) in [6, 6.07) is 0. The van der Waals surface area contributed by atoms with Gasteiger partial charge in [-0.1, -0.05) is 18.2 Å². The third-order valence-electron chi connectivity index (χ3n) is 0.436. The molecule has 0 aliphatic heterocycles. The molecule has 3 heteroatoms. The monoisotopic (exact) mass is 120 g/mol. The van der Waals surface area contributed by atoms with E-state index in [0.717, 1.165) is 6.08 Å². The Morgan fingerprint density at radius 2 is 2.43 bits per heavy atom. The van der Waals surface area contributed by atoms with Crippen LogP contribution in [-0.2, 0) is 4.79 Å². The van der Waals surface area contributed by atoms with E-state index in [0.29, 0.717) is 0 Å². The highest BCUT2D eigenvalue weighted by Gasteiger charge is 2.03. The first-order valence-electron chi connectivity index (χ1n) is 1.67. The number of ketones is 1. The first-order chi connectivity index (χ1) is 3.18. The SMILES string of the molecule is C=CC(=O)C(O)Cl. The van der Waals surface area contributed by atoms with Gasteiger partial charge in [0.2, 0.25) is 0 Å². The summed E-state index contributed by atoms with van der Waals surface area (Å²) in [4.78, 5) is 10.0. The fraction of sp³-hybridized carbons (Fsp3) is 0.250. The van der Waals surface area contributed by atoms with Gasteiger partial charge in [-0.25, -0.2) is 0 Å². The molecule has 0 bridgehead atoms. The summed E-state index contributed by atoms with van der Waals surface area (Å²) >= 11 is 4.86. The van der Waals surface area contributed by atoms with Gasteiger partial charge < -0.3 is 5.11 Å². The third kappa shape index (κ3) is 2.37. The fourth-order valence-corrected chi connectivity index (χ4v) is 0.186. The molecule has 0 aliphatic rings. The summed E-state index contributed by atoms with van der Waals surface area (Å²) in [6.07, 6.45) is 0.970. The summed E-state index contributed by atoms with van der Waals surface area (Å²) in [5.41, 5.74) is -1.42. The van der Waals surface area contributed by atoms with Gasteiger partial charge in [-0.05, 0) is 6.08 Å². The first kappa shape index (κ1) is 6.66. The molecule has 0 radical (unpaired) electrons. The number of alkyl halides is 1. The van der Waals surface area contributed by atoms with Crippen LogP contribution in [0.1, 0.15) is 0 Å². The minimum absolute atomic E-state index is 0.568. The summed E-state index contributed by atoms with van der Waals surface area (Å²) in [5.74, 6) is -0.568. The lowest BCUT2D eigenvalue weighted by atomic mass is 10.4. The second-order valence-electron chi connectivity index (χ2n) is 0.942. The summed E-state index contributed by atoms with van der Waals surface area (Å²) in [6.45, 7) is 3.09. The lowest BCUT2D eigenvalue weighted by molar-refractivity contribution is -0.118. The van der Waals surface area contributed by atoms with Gasteiger partial charge in [0.15, 0.2) is 11.3 Å². The molecule has 7 heavy (non-hydrogen) atoms. The molecule has 0 aromatic heterocycles. The van der Waals surface area contributed by atoms with Gasteiger partial charge in [0.1, 0.15) is 0 Å². The van der Waals surface area contributed by atoms with E-state index >= 15 is 0 Å². The Hall–Kier alpha value is -0.340. The van der Waals surface area contributed by atoms with Gasteiger partial charge in [0.05, 0.1) is 0 Å². The van der Waals surface area contributed by atoms with E-state index < -0.39 is 11.3 Å². The van der Waals surface area contributed by atoms with Crippen LogP contribution < -0.4 is 0 Å². The molecule has 0 aromatic rings. The lowest BCUT2D eigenvalue weighted by Crippen LogP contribution is -2.08. The average molecular weight is 121 g/mol. The average Bonchev–Trinajstić information content (AvgIpc) is 1.65. The molecule has 1 atom stereocenters. The summed E-state index contributed by atoms with van der Waals surface area (Å²) in [7, 11) is 0. The maximum absolute atomic E-state index is 10.0. The number of hydrogen-bond donors (Lipinski definition) is 1. The number of halogens is 1. The molecule has 0 saturated carbocycles. The van der Waals surface area contributed by atoms with Gasteiger partial charge in [-0.3, -0.25) is 4.79 Å². The predicted octanol–water partition coefficient (Wildman–Crippen LogP) is 0.299. The van der Waals surface area contributed by atoms with Gasteiger partial charge in [0.25, 0.3) is 0 Å². The van der Waals surface area contributed by atoms with Gasteiger partial charge in [-0.15, -0.1) is 0 Å². The van der Waals surface area contributed by atoms with Crippen molar-refractivity contribution in [3.05, 3.63) is 12.7 Å². The quantitative estimate of drug-likeness (QED) is 0.420. The Morgan fingerprint density at radius 3 is 2.43 bits per heavy atom. The Labute approximate surface area is 46.4 Å². The highest BCUT2D eigenvalue weighted by Crippen LogP contribution is 1.90. The first-order valence-corrected chi connectivity index (χ1v) is 2.10. The molecule has 0 aliphatic carbocycles. The van der Waals surface area contributed by atoms with Crippen LogP contribution in [-0.4, -0.2) is 16.5 Å². The number of carbonyl (C=O) groups is 1. The molecule has 1 unspecified atom stereocenters.